The zero-order valence-corrected chi connectivity index (χ0v) is 15.6. The number of benzene rings is 1. The number of thiophene rings is 1. The molecule has 0 bridgehead atoms. The van der Waals surface area contributed by atoms with Gasteiger partial charge in [0.2, 0.25) is 0 Å². The molecule has 1 amide bonds. The summed E-state index contributed by atoms with van der Waals surface area (Å²) in [6, 6.07) is 11.7. The number of nitrogens with one attached hydrogen (secondary N) is 1. The highest BCUT2D eigenvalue weighted by Crippen LogP contribution is 2.37. The van der Waals surface area contributed by atoms with Crippen molar-refractivity contribution in [3.63, 3.8) is 0 Å². The van der Waals surface area contributed by atoms with Crippen molar-refractivity contribution >= 4 is 45.8 Å². The van der Waals surface area contributed by atoms with Crippen LogP contribution in [0, 0.1) is 0 Å². The summed E-state index contributed by atoms with van der Waals surface area (Å²) in [7, 11) is 1.30. The average molecular weight is 378 g/mol. The number of para-hydroxylation sites is 1. The molecule has 0 aliphatic heterocycles. The maximum Gasteiger partial charge on any atom is 0.325 e. The fraction of sp³-hybridized carbons (Fsp3) is 0.190. The molecule has 0 atom stereocenters. The van der Waals surface area contributed by atoms with Crippen molar-refractivity contribution in [3.05, 3.63) is 63.5 Å². The van der Waals surface area contributed by atoms with E-state index in [-0.39, 0.29) is 12.5 Å². The van der Waals surface area contributed by atoms with Crippen LogP contribution in [0.2, 0.25) is 0 Å². The van der Waals surface area contributed by atoms with Gasteiger partial charge in [0.05, 0.1) is 23.9 Å². The normalized spacial score (nSPS) is 14.3. The molecule has 0 spiro atoms. The number of hydrogen-bond donors (Lipinski definition) is 1. The number of hydrogen-bond acceptors (Lipinski definition) is 5. The Kier molecular flexibility index (Phi) is 4.73. The van der Waals surface area contributed by atoms with Gasteiger partial charge in [-0.15, -0.1) is 11.3 Å². The highest BCUT2D eigenvalue weighted by molar-refractivity contribution is 7.10. The molecule has 1 aromatic carbocycles. The Morgan fingerprint density at radius 3 is 2.85 bits per heavy atom. The van der Waals surface area contributed by atoms with E-state index in [1.54, 1.807) is 11.3 Å². The molecule has 136 valence electrons. The Balaban J connectivity index is 1.81. The minimum atomic E-state index is -0.475. The first-order chi connectivity index (χ1) is 13.2. The number of ether oxygens (including phenoxy) is 1. The lowest BCUT2D eigenvalue weighted by Crippen LogP contribution is -2.31. The minimum Gasteiger partial charge on any atom is -0.468 e. The SMILES string of the molecule is COC(=O)CNC(=O)c1c2c(nc3ccccc13)/C(=C\c1cccs1)CC2. The van der Waals surface area contributed by atoms with E-state index >= 15 is 0 Å². The van der Waals surface area contributed by atoms with Crippen LogP contribution in [0.1, 0.15) is 32.9 Å². The van der Waals surface area contributed by atoms with Crippen molar-refractivity contribution in [1.29, 1.82) is 0 Å². The third-order valence-electron chi connectivity index (χ3n) is 4.65. The second kappa shape index (κ2) is 7.32. The van der Waals surface area contributed by atoms with Crippen LogP contribution in [0.5, 0.6) is 0 Å². The summed E-state index contributed by atoms with van der Waals surface area (Å²) in [5, 5.41) is 5.52. The van der Waals surface area contributed by atoms with Gasteiger partial charge in [0.25, 0.3) is 5.91 Å². The average Bonchev–Trinajstić information content (AvgIpc) is 3.34. The molecule has 2 heterocycles. The number of nitrogens with zero attached hydrogens (tertiary/aromatic N) is 1. The quantitative estimate of drug-likeness (QED) is 0.703. The molecular weight excluding hydrogens is 360 g/mol. The minimum absolute atomic E-state index is 0.154. The second-order valence-electron chi connectivity index (χ2n) is 6.27. The van der Waals surface area contributed by atoms with Crippen molar-refractivity contribution in [3.8, 4) is 0 Å². The number of amides is 1. The van der Waals surface area contributed by atoms with Gasteiger partial charge in [0, 0.05) is 10.3 Å². The van der Waals surface area contributed by atoms with Crippen LogP contribution < -0.4 is 5.32 Å². The predicted octanol–water partition coefficient (Wildman–Crippen LogP) is 3.69. The molecule has 1 aliphatic carbocycles. The summed E-state index contributed by atoms with van der Waals surface area (Å²) in [6.45, 7) is -0.154. The van der Waals surface area contributed by atoms with Crippen molar-refractivity contribution in [2.45, 2.75) is 12.8 Å². The highest BCUT2D eigenvalue weighted by Gasteiger charge is 2.27. The molecule has 5 nitrogen and oxygen atoms in total. The maximum absolute atomic E-state index is 12.9. The molecule has 6 heteroatoms. The van der Waals surface area contributed by atoms with E-state index in [4.69, 9.17) is 4.98 Å². The summed E-state index contributed by atoms with van der Waals surface area (Å²) < 4.78 is 4.62. The first-order valence-electron chi connectivity index (χ1n) is 8.68. The Morgan fingerprint density at radius 1 is 1.22 bits per heavy atom. The van der Waals surface area contributed by atoms with Crippen LogP contribution in [0.25, 0.3) is 22.6 Å². The predicted molar refractivity (Wildman–Crippen MR) is 107 cm³/mol. The number of aromatic nitrogens is 1. The van der Waals surface area contributed by atoms with E-state index in [0.717, 1.165) is 40.6 Å². The molecule has 2 aromatic heterocycles. The van der Waals surface area contributed by atoms with Gasteiger partial charge in [-0.05, 0) is 47.6 Å². The summed E-state index contributed by atoms with van der Waals surface area (Å²) in [5.74, 6) is -0.746. The number of esters is 1. The Morgan fingerprint density at radius 2 is 2.07 bits per heavy atom. The lowest BCUT2D eigenvalue weighted by atomic mass is 10.00. The Hall–Kier alpha value is -2.99. The van der Waals surface area contributed by atoms with E-state index < -0.39 is 5.97 Å². The van der Waals surface area contributed by atoms with Crippen molar-refractivity contribution in [2.75, 3.05) is 13.7 Å². The molecule has 4 rings (SSSR count). The summed E-state index contributed by atoms with van der Waals surface area (Å²) in [4.78, 5) is 30.3. The van der Waals surface area contributed by atoms with Gasteiger partial charge in [-0.25, -0.2) is 4.98 Å². The van der Waals surface area contributed by atoms with Gasteiger partial charge < -0.3 is 10.1 Å². The van der Waals surface area contributed by atoms with Gasteiger partial charge in [0.1, 0.15) is 6.54 Å². The Bertz CT molecular complexity index is 1050. The number of carbonyl (C=O) groups is 2. The van der Waals surface area contributed by atoms with E-state index in [0.29, 0.717) is 5.56 Å². The van der Waals surface area contributed by atoms with Gasteiger partial charge >= 0.3 is 5.97 Å². The van der Waals surface area contributed by atoms with Crippen LogP contribution in [-0.4, -0.2) is 30.5 Å². The van der Waals surface area contributed by atoms with Crippen LogP contribution in [0.3, 0.4) is 0 Å². The molecular formula is C21H18N2O3S. The topological polar surface area (TPSA) is 68.3 Å². The number of rotatable bonds is 4. The largest absolute Gasteiger partial charge is 0.468 e. The van der Waals surface area contributed by atoms with E-state index in [9.17, 15) is 9.59 Å². The number of allylic oxidation sites excluding steroid dienone is 1. The summed E-state index contributed by atoms with van der Waals surface area (Å²) in [5.41, 5.74) is 4.34. The van der Waals surface area contributed by atoms with Crippen molar-refractivity contribution in [1.82, 2.24) is 10.3 Å². The lowest BCUT2D eigenvalue weighted by Gasteiger charge is -2.12. The third-order valence-corrected chi connectivity index (χ3v) is 5.47. The Labute approximate surface area is 160 Å². The number of carbonyl (C=O) groups excluding carboxylic acids is 2. The van der Waals surface area contributed by atoms with Gasteiger partial charge in [0.15, 0.2) is 0 Å². The summed E-state index contributed by atoms with van der Waals surface area (Å²) >= 11 is 1.68. The molecule has 0 radical (unpaired) electrons. The van der Waals surface area contributed by atoms with E-state index in [2.05, 4.69) is 22.2 Å². The molecule has 27 heavy (non-hydrogen) atoms. The summed E-state index contributed by atoms with van der Waals surface area (Å²) in [6.07, 6.45) is 3.74. The molecule has 0 unspecified atom stereocenters. The number of pyridine rings is 1. The van der Waals surface area contributed by atoms with Crippen molar-refractivity contribution in [2.24, 2.45) is 0 Å². The number of methoxy groups -OCH3 is 1. The second-order valence-corrected chi connectivity index (χ2v) is 7.25. The monoisotopic (exact) mass is 378 g/mol. The van der Waals surface area contributed by atoms with Gasteiger partial charge in [-0.2, -0.15) is 0 Å². The molecule has 0 saturated heterocycles. The van der Waals surface area contributed by atoms with E-state index in [1.807, 2.05) is 35.7 Å². The van der Waals surface area contributed by atoms with Crippen LogP contribution in [0.15, 0.2) is 41.8 Å². The first-order valence-corrected chi connectivity index (χ1v) is 9.56. The fourth-order valence-electron chi connectivity index (χ4n) is 3.40. The maximum atomic E-state index is 12.9. The standard InChI is InChI=1S/C21H18N2O3S/c1-26-18(24)12-22-21(25)19-15-6-2-3-7-17(15)23-20-13(8-9-16(19)20)11-14-5-4-10-27-14/h2-7,10-11H,8-9,12H2,1H3,(H,22,25)/b13-11-. The van der Waals surface area contributed by atoms with E-state index in [1.165, 1.54) is 12.0 Å². The van der Waals surface area contributed by atoms with Crippen molar-refractivity contribution < 1.29 is 14.3 Å². The molecule has 0 fully saturated rings. The lowest BCUT2D eigenvalue weighted by molar-refractivity contribution is -0.139. The molecule has 3 aromatic rings. The zero-order valence-electron chi connectivity index (χ0n) is 14.8. The van der Waals surface area contributed by atoms with Crippen LogP contribution >= 0.6 is 11.3 Å². The van der Waals surface area contributed by atoms with Gasteiger partial charge in [-0.3, -0.25) is 9.59 Å². The molecule has 1 aliphatic rings. The third kappa shape index (κ3) is 3.36. The first kappa shape index (κ1) is 17.4. The fourth-order valence-corrected chi connectivity index (χ4v) is 4.08. The zero-order chi connectivity index (χ0) is 18.8. The van der Waals surface area contributed by atoms with Crippen LogP contribution in [-0.2, 0) is 16.0 Å². The number of fused-ring (bicyclic) bond motifs is 2. The highest BCUT2D eigenvalue weighted by atomic mass is 32.1. The van der Waals surface area contributed by atoms with Gasteiger partial charge in [-0.1, -0.05) is 24.3 Å². The molecule has 0 saturated carbocycles. The van der Waals surface area contributed by atoms with Crippen LogP contribution in [0.4, 0.5) is 0 Å². The molecule has 1 N–H and O–H groups in total. The smallest absolute Gasteiger partial charge is 0.325 e.